The van der Waals surface area contributed by atoms with Crippen LogP contribution in [-0.4, -0.2) is 29.2 Å². The van der Waals surface area contributed by atoms with Gasteiger partial charge in [-0.1, -0.05) is 36.4 Å². The van der Waals surface area contributed by atoms with Crippen molar-refractivity contribution in [2.24, 2.45) is 0 Å². The number of alkyl halides is 3. The minimum Gasteiger partial charge on any atom is -0.405 e. The molecular weight excluding hydrogens is 361 g/mol. The highest BCUT2D eigenvalue weighted by molar-refractivity contribution is 5.96. The van der Waals surface area contributed by atoms with Crippen LogP contribution < -0.4 is 10.3 Å². The van der Waals surface area contributed by atoms with Gasteiger partial charge in [0, 0.05) is 24.5 Å². The van der Waals surface area contributed by atoms with Crippen LogP contribution in [0.25, 0.3) is 10.8 Å². The number of pyridine rings is 1. The molecule has 0 spiro atoms. The van der Waals surface area contributed by atoms with Gasteiger partial charge in [-0.05, 0) is 23.6 Å². The Kier molecular flexibility index (Phi) is 4.89. The summed E-state index contributed by atoms with van der Waals surface area (Å²) < 4.78 is 41.6. The number of hydrogen-bond donors (Lipinski definition) is 1. The Balaban J connectivity index is 1.86. The number of aromatic nitrogens is 1. The number of amides is 1. The molecule has 0 atom stereocenters. The van der Waals surface area contributed by atoms with Crippen LogP contribution in [0.2, 0.25) is 0 Å². The number of H-pyrrole nitrogens is 1. The molecular formula is C19H15F3N2O3. The van der Waals surface area contributed by atoms with Gasteiger partial charge in [-0.15, -0.1) is 13.2 Å². The molecule has 5 nitrogen and oxygen atoms in total. The molecule has 3 rings (SSSR count). The Hall–Kier alpha value is -3.29. The Morgan fingerprint density at radius 3 is 2.52 bits per heavy atom. The normalized spacial score (nSPS) is 11.4. The first-order chi connectivity index (χ1) is 12.7. The summed E-state index contributed by atoms with van der Waals surface area (Å²) in [4.78, 5) is 28.5. The third kappa shape index (κ3) is 4.28. The number of halogens is 3. The van der Waals surface area contributed by atoms with Crippen molar-refractivity contribution >= 4 is 16.7 Å². The van der Waals surface area contributed by atoms with Crippen molar-refractivity contribution in [1.29, 1.82) is 0 Å². The molecule has 27 heavy (non-hydrogen) atoms. The number of rotatable bonds is 4. The number of carbonyl (C=O) groups is 1. The zero-order valence-corrected chi connectivity index (χ0v) is 14.2. The molecule has 0 unspecified atom stereocenters. The average molecular weight is 376 g/mol. The van der Waals surface area contributed by atoms with E-state index in [-0.39, 0.29) is 23.6 Å². The van der Waals surface area contributed by atoms with Crippen LogP contribution in [0, 0.1) is 0 Å². The molecule has 0 saturated heterocycles. The van der Waals surface area contributed by atoms with Crippen molar-refractivity contribution in [3.63, 3.8) is 0 Å². The van der Waals surface area contributed by atoms with Crippen molar-refractivity contribution < 1.29 is 22.7 Å². The number of ether oxygens (including phenoxy) is 1. The molecule has 0 saturated carbocycles. The van der Waals surface area contributed by atoms with Crippen molar-refractivity contribution in [3.05, 3.63) is 76.2 Å². The molecule has 1 aromatic heterocycles. The van der Waals surface area contributed by atoms with Crippen LogP contribution >= 0.6 is 0 Å². The summed E-state index contributed by atoms with van der Waals surface area (Å²) in [6.07, 6.45) is -4.83. The van der Waals surface area contributed by atoms with E-state index in [0.29, 0.717) is 10.8 Å². The summed E-state index contributed by atoms with van der Waals surface area (Å²) in [5.74, 6) is -0.906. The van der Waals surface area contributed by atoms with Crippen molar-refractivity contribution in [3.8, 4) is 5.75 Å². The molecule has 0 bridgehead atoms. The molecule has 0 aliphatic heterocycles. The second-order valence-electron chi connectivity index (χ2n) is 5.92. The molecule has 1 heterocycles. The molecule has 1 amide bonds. The Morgan fingerprint density at radius 1 is 1.11 bits per heavy atom. The van der Waals surface area contributed by atoms with E-state index in [9.17, 15) is 22.8 Å². The number of nitrogens with zero attached hydrogens (tertiary/aromatic N) is 1. The molecule has 0 fully saturated rings. The maximum absolute atomic E-state index is 12.6. The first kappa shape index (κ1) is 18.5. The van der Waals surface area contributed by atoms with E-state index in [1.54, 1.807) is 30.3 Å². The first-order valence-corrected chi connectivity index (χ1v) is 7.96. The van der Waals surface area contributed by atoms with Crippen LogP contribution in [0.15, 0.2) is 59.4 Å². The molecule has 2 aromatic carbocycles. The minimum atomic E-state index is -4.83. The fraction of sp³-hybridized carbons (Fsp3) is 0.158. The molecule has 0 aliphatic rings. The summed E-state index contributed by atoms with van der Waals surface area (Å²) in [6, 6.07) is 13.9. The highest BCUT2D eigenvalue weighted by Crippen LogP contribution is 2.27. The number of hydrogen-bond acceptors (Lipinski definition) is 3. The summed E-state index contributed by atoms with van der Waals surface area (Å²) in [7, 11) is 1.43. The second-order valence-corrected chi connectivity index (χ2v) is 5.92. The lowest BCUT2D eigenvalue weighted by molar-refractivity contribution is -0.275. The first-order valence-electron chi connectivity index (χ1n) is 7.96. The van der Waals surface area contributed by atoms with Crippen molar-refractivity contribution in [2.45, 2.75) is 12.9 Å². The molecule has 8 heteroatoms. The lowest BCUT2D eigenvalue weighted by atomic mass is 10.1. The fourth-order valence-corrected chi connectivity index (χ4v) is 2.72. The predicted molar refractivity (Wildman–Crippen MR) is 93.5 cm³/mol. The highest BCUT2D eigenvalue weighted by Gasteiger charge is 2.32. The lowest BCUT2D eigenvalue weighted by Crippen LogP contribution is -2.29. The van der Waals surface area contributed by atoms with E-state index in [1.165, 1.54) is 36.2 Å². The van der Waals surface area contributed by atoms with E-state index >= 15 is 0 Å². The van der Waals surface area contributed by atoms with Gasteiger partial charge in [0.1, 0.15) is 11.4 Å². The van der Waals surface area contributed by atoms with Crippen LogP contribution in [0.4, 0.5) is 13.2 Å². The predicted octanol–water partition coefficient (Wildman–Crippen LogP) is 3.70. The van der Waals surface area contributed by atoms with E-state index in [4.69, 9.17) is 0 Å². The second kappa shape index (κ2) is 7.14. The zero-order chi connectivity index (χ0) is 19.6. The quantitative estimate of drug-likeness (QED) is 0.755. The molecule has 0 aliphatic carbocycles. The monoisotopic (exact) mass is 376 g/mol. The van der Waals surface area contributed by atoms with Gasteiger partial charge in [-0.2, -0.15) is 0 Å². The van der Waals surface area contributed by atoms with Gasteiger partial charge in [0.15, 0.2) is 0 Å². The van der Waals surface area contributed by atoms with Gasteiger partial charge in [0.2, 0.25) is 0 Å². The van der Waals surface area contributed by atoms with Gasteiger partial charge >= 0.3 is 6.36 Å². The third-order valence-electron chi connectivity index (χ3n) is 3.94. The molecule has 140 valence electrons. The largest absolute Gasteiger partial charge is 0.573 e. The number of carbonyl (C=O) groups excluding carboxylic acids is 1. The van der Waals surface area contributed by atoms with Crippen LogP contribution in [-0.2, 0) is 6.54 Å². The van der Waals surface area contributed by atoms with Crippen molar-refractivity contribution in [1.82, 2.24) is 9.88 Å². The van der Waals surface area contributed by atoms with E-state index in [0.717, 1.165) is 0 Å². The van der Waals surface area contributed by atoms with Gasteiger partial charge in [-0.25, -0.2) is 0 Å². The van der Waals surface area contributed by atoms with Gasteiger partial charge in [0.25, 0.3) is 11.5 Å². The molecule has 1 N–H and O–H groups in total. The molecule has 3 aromatic rings. The number of benzene rings is 2. The third-order valence-corrected chi connectivity index (χ3v) is 3.94. The smallest absolute Gasteiger partial charge is 0.405 e. The lowest BCUT2D eigenvalue weighted by Gasteiger charge is -2.20. The maximum atomic E-state index is 12.6. The zero-order valence-electron chi connectivity index (χ0n) is 14.2. The fourth-order valence-electron chi connectivity index (χ4n) is 2.72. The van der Waals surface area contributed by atoms with E-state index < -0.39 is 17.8 Å². The number of fused-ring (bicyclic) bond motifs is 1. The topological polar surface area (TPSA) is 62.4 Å². The Bertz CT molecular complexity index is 1040. The van der Waals surface area contributed by atoms with Crippen LogP contribution in [0.3, 0.4) is 0 Å². The number of aromatic amines is 1. The summed E-state index contributed by atoms with van der Waals surface area (Å²) in [5.41, 5.74) is -0.171. The minimum absolute atomic E-state index is 0.0513. The van der Waals surface area contributed by atoms with Crippen LogP contribution in [0.5, 0.6) is 5.75 Å². The van der Waals surface area contributed by atoms with Crippen LogP contribution in [0.1, 0.15) is 16.1 Å². The SMILES string of the molecule is CN(Cc1ccccc1OC(F)(F)F)C(=O)c1cc2ccccc2c(=O)[nH]1. The highest BCUT2D eigenvalue weighted by atomic mass is 19.4. The molecule has 0 radical (unpaired) electrons. The summed E-state index contributed by atoms with van der Waals surface area (Å²) in [6.45, 7) is -0.125. The standard InChI is InChI=1S/C19H15F3N2O3/c1-24(11-13-7-3-5-9-16(13)27-19(20,21)22)18(26)15-10-12-6-2-4-8-14(12)17(25)23-15/h2-10H,11H2,1H3,(H,23,25). The Morgan fingerprint density at radius 2 is 1.78 bits per heavy atom. The Labute approximate surface area is 152 Å². The van der Waals surface area contributed by atoms with Gasteiger partial charge in [-0.3, -0.25) is 9.59 Å². The van der Waals surface area contributed by atoms with E-state index in [1.807, 2.05) is 0 Å². The maximum Gasteiger partial charge on any atom is 0.573 e. The van der Waals surface area contributed by atoms with E-state index in [2.05, 4.69) is 9.72 Å². The summed E-state index contributed by atoms with van der Waals surface area (Å²) >= 11 is 0. The number of para-hydroxylation sites is 1. The van der Waals surface area contributed by atoms with Gasteiger partial charge in [0.05, 0.1) is 0 Å². The van der Waals surface area contributed by atoms with Gasteiger partial charge < -0.3 is 14.6 Å². The average Bonchev–Trinajstić information content (AvgIpc) is 2.61. The number of nitrogens with one attached hydrogen (secondary N) is 1. The summed E-state index contributed by atoms with van der Waals surface area (Å²) in [5, 5.41) is 1.04. The van der Waals surface area contributed by atoms with Crippen molar-refractivity contribution in [2.75, 3.05) is 7.05 Å².